The van der Waals surface area contributed by atoms with Gasteiger partial charge in [-0.15, -0.1) is 11.3 Å². The lowest BCUT2D eigenvalue weighted by Crippen LogP contribution is -2.19. The standard InChI is InChI=1S/C17H16N2O5S/c20-15(16-4-3-9-25-16)11-24-17(21)12-5-6-13(14(10-12)19(22)23)18-7-1-2-8-18/h3-6,9-10H,1-2,7-8,11H2. The highest BCUT2D eigenvalue weighted by Gasteiger charge is 2.24. The van der Waals surface area contributed by atoms with Crippen molar-refractivity contribution in [3.8, 4) is 0 Å². The predicted molar refractivity (Wildman–Crippen MR) is 93.5 cm³/mol. The Morgan fingerprint density at radius 3 is 2.64 bits per heavy atom. The Morgan fingerprint density at radius 1 is 1.24 bits per heavy atom. The number of Topliss-reactive ketones (excluding diaryl/α,β-unsaturated/α-hetero) is 1. The fourth-order valence-electron chi connectivity index (χ4n) is 2.74. The van der Waals surface area contributed by atoms with Crippen molar-refractivity contribution in [1.82, 2.24) is 0 Å². The molecule has 0 radical (unpaired) electrons. The minimum Gasteiger partial charge on any atom is -0.454 e. The zero-order valence-corrected chi connectivity index (χ0v) is 14.2. The van der Waals surface area contributed by atoms with Crippen LogP contribution < -0.4 is 4.90 Å². The first kappa shape index (κ1) is 17.1. The summed E-state index contributed by atoms with van der Waals surface area (Å²) in [5.74, 6) is -1.05. The van der Waals surface area contributed by atoms with Crippen LogP contribution in [0.15, 0.2) is 35.7 Å². The van der Waals surface area contributed by atoms with Crippen LogP contribution in [0.4, 0.5) is 11.4 Å². The highest BCUT2D eigenvalue weighted by Crippen LogP contribution is 2.31. The van der Waals surface area contributed by atoms with Crippen LogP contribution in [-0.2, 0) is 4.74 Å². The average molecular weight is 360 g/mol. The summed E-state index contributed by atoms with van der Waals surface area (Å²) in [6.07, 6.45) is 1.98. The number of hydrogen-bond acceptors (Lipinski definition) is 7. The second kappa shape index (κ2) is 7.43. The van der Waals surface area contributed by atoms with E-state index >= 15 is 0 Å². The van der Waals surface area contributed by atoms with E-state index in [1.165, 1.54) is 23.5 Å². The molecule has 0 amide bonds. The molecule has 0 unspecified atom stereocenters. The maximum Gasteiger partial charge on any atom is 0.338 e. The van der Waals surface area contributed by atoms with Crippen LogP contribution in [0.3, 0.4) is 0 Å². The zero-order chi connectivity index (χ0) is 17.8. The minimum absolute atomic E-state index is 0.0635. The summed E-state index contributed by atoms with van der Waals surface area (Å²) in [5.41, 5.74) is 0.447. The first-order chi connectivity index (χ1) is 12.1. The molecule has 2 aromatic rings. The Hall–Kier alpha value is -2.74. The second-order valence-electron chi connectivity index (χ2n) is 5.63. The molecular weight excluding hydrogens is 344 g/mol. The first-order valence-corrected chi connectivity index (χ1v) is 8.71. The van der Waals surface area contributed by atoms with E-state index in [9.17, 15) is 19.7 Å². The van der Waals surface area contributed by atoms with Gasteiger partial charge in [0.05, 0.1) is 15.4 Å². The Balaban J connectivity index is 1.73. The summed E-state index contributed by atoms with van der Waals surface area (Å²) in [6, 6.07) is 7.67. The van der Waals surface area contributed by atoms with E-state index in [-0.39, 0.29) is 23.6 Å². The molecule has 1 aromatic heterocycles. The molecule has 0 N–H and O–H groups in total. The molecule has 1 saturated heterocycles. The third kappa shape index (κ3) is 3.85. The van der Waals surface area contributed by atoms with Crippen molar-refractivity contribution in [3.63, 3.8) is 0 Å². The highest BCUT2D eigenvalue weighted by molar-refractivity contribution is 7.12. The van der Waals surface area contributed by atoms with Gasteiger partial charge in [-0.3, -0.25) is 14.9 Å². The van der Waals surface area contributed by atoms with E-state index < -0.39 is 10.9 Å². The number of nitro benzene ring substituents is 1. The van der Waals surface area contributed by atoms with Gasteiger partial charge in [-0.2, -0.15) is 0 Å². The van der Waals surface area contributed by atoms with Crippen LogP contribution in [0, 0.1) is 10.1 Å². The number of anilines is 1. The molecule has 1 aliphatic rings. The molecule has 0 spiro atoms. The van der Waals surface area contributed by atoms with Gasteiger partial charge in [0.15, 0.2) is 6.61 Å². The molecule has 8 heteroatoms. The minimum atomic E-state index is -0.749. The SMILES string of the molecule is O=C(OCC(=O)c1cccs1)c1ccc(N2CCCC2)c([N+](=O)[O-])c1. The van der Waals surface area contributed by atoms with Crippen molar-refractivity contribution in [2.75, 3.05) is 24.6 Å². The maximum atomic E-state index is 12.1. The molecule has 0 saturated carbocycles. The number of hydrogen-bond donors (Lipinski definition) is 0. The van der Waals surface area contributed by atoms with E-state index in [0.717, 1.165) is 25.9 Å². The Morgan fingerprint density at radius 2 is 2.00 bits per heavy atom. The van der Waals surface area contributed by atoms with Gasteiger partial charge in [0, 0.05) is 19.2 Å². The summed E-state index contributed by atoms with van der Waals surface area (Å²) in [4.78, 5) is 37.3. The zero-order valence-electron chi connectivity index (χ0n) is 13.3. The maximum absolute atomic E-state index is 12.1. The lowest BCUT2D eigenvalue weighted by molar-refractivity contribution is -0.384. The van der Waals surface area contributed by atoms with E-state index in [1.54, 1.807) is 23.6 Å². The number of esters is 1. The molecule has 0 bridgehead atoms. The lowest BCUT2D eigenvalue weighted by atomic mass is 10.1. The number of nitro groups is 1. The van der Waals surface area contributed by atoms with Crippen molar-refractivity contribution in [1.29, 1.82) is 0 Å². The van der Waals surface area contributed by atoms with Crippen molar-refractivity contribution < 1.29 is 19.2 Å². The Labute approximate surface area is 148 Å². The second-order valence-corrected chi connectivity index (χ2v) is 6.58. The molecule has 3 rings (SSSR count). The summed E-state index contributed by atoms with van der Waals surface area (Å²) in [6.45, 7) is 1.14. The van der Waals surface area contributed by atoms with Crippen LogP contribution in [0.2, 0.25) is 0 Å². The van der Waals surface area contributed by atoms with E-state index in [1.807, 2.05) is 4.90 Å². The third-order valence-corrected chi connectivity index (χ3v) is 4.90. The van der Waals surface area contributed by atoms with Gasteiger partial charge < -0.3 is 9.64 Å². The van der Waals surface area contributed by atoms with Crippen LogP contribution in [0.25, 0.3) is 0 Å². The lowest BCUT2D eigenvalue weighted by Gasteiger charge is -2.17. The molecule has 0 aliphatic carbocycles. The van der Waals surface area contributed by atoms with Gasteiger partial charge in [0.25, 0.3) is 5.69 Å². The summed E-state index contributed by atoms with van der Waals surface area (Å²) in [5, 5.41) is 13.1. The van der Waals surface area contributed by atoms with E-state index in [2.05, 4.69) is 0 Å². The van der Waals surface area contributed by atoms with Crippen LogP contribution in [0.1, 0.15) is 32.9 Å². The number of thiophene rings is 1. The van der Waals surface area contributed by atoms with Crippen molar-refractivity contribution in [3.05, 3.63) is 56.3 Å². The molecule has 1 aromatic carbocycles. The summed E-state index contributed by atoms with van der Waals surface area (Å²) >= 11 is 1.27. The van der Waals surface area contributed by atoms with E-state index in [4.69, 9.17) is 4.74 Å². The molecule has 25 heavy (non-hydrogen) atoms. The number of ketones is 1. The van der Waals surface area contributed by atoms with Gasteiger partial charge in [-0.1, -0.05) is 6.07 Å². The van der Waals surface area contributed by atoms with Gasteiger partial charge in [-0.05, 0) is 36.4 Å². The van der Waals surface area contributed by atoms with Gasteiger partial charge in [0.1, 0.15) is 5.69 Å². The molecule has 2 heterocycles. The predicted octanol–water partition coefficient (Wildman–Crippen LogP) is 3.30. The number of benzene rings is 1. The summed E-state index contributed by atoms with van der Waals surface area (Å²) < 4.78 is 5.00. The normalized spacial score (nSPS) is 13.7. The van der Waals surface area contributed by atoms with Crippen LogP contribution in [0.5, 0.6) is 0 Å². The molecule has 1 fully saturated rings. The van der Waals surface area contributed by atoms with Gasteiger partial charge >= 0.3 is 5.97 Å². The molecular formula is C17H16N2O5S. The number of nitrogens with zero attached hydrogens (tertiary/aromatic N) is 2. The quantitative estimate of drug-likeness (QED) is 0.340. The molecule has 0 atom stereocenters. The van der Waals surface area contributed by atoms with Gasteiger partial charge in [0.2, 0.25) is 5.78 Å². The largest absolute Gasteiger partial charge is 0.454 e. The number of carbonyl (C=O) groups excluding carboxylic acids is 2. The number of ether oxygens (including phenoxy) is 1. The molecule has 7 nitrogen and oxygen atoms in total. The van der Waals surface area contributed by atoms with Crippen molar-refractivity contribution in [2.24, 2.45) is 0 Å². The topological polar surface area (TPSA) is 89.8 Å². The fraction of sp³-hybridized carbons (Fsp3) is 0.294. The van der Waals surface area contributed by atoms with E-state index in [0.29, 0.717) is 10.6 Å². The number of rotatable bonds is 6. The third-order valence-electron chi connectivity index (χ3n) is 3.98. The van der Waals surface area contributed by atoms with Crippen LogP contribution >= 0.6 is 11.3 Å². The molecule has 1 aliphatic heterocycles. The Bertz CT molecular complexity index is 797. The number of carbonyl (C=O) groups is 2. The first-order valence-electron chi connectivity index (χ1n) is 7.83. The monoisotopic (exact) mass is 360 g/mol. The highest BCUT2D eigenvalue weighted by atomic mass is 32.1. The average Bonchev–Trinajstić information content (AvgIpc) is 3.32. The van der Waals surface area contributed by atoms with Crippen molar-refractivity contribution >= 4 is 34.5 Å². The molecule has 130 valence electrons. The smallest absolute Gasteiger partial charge is 0.338 e. The van der Waals surface area contributed by atoms with Gasteiger partial charge in [-0.25, -0.2) is 4.79 Å². The van der Waals surface area contributed by atoms with Crippen LogP contribution in [-0.4, -0.2) is 36.4 Å². The summed E-state index contributed by atoms with van der Waals surface area (Å²) in [7, 11) is 0. The van der Waals surface area contributed by atoms with Crippen molar-refractivity contribution in [2.45, 2.75) is 12.8 Å². The fourth-order valence-corrected chi connectivity index (χ4v) is 3.40. The Kier molecular flexibility index (Phi) is 5.08.